The summed E-state index contributed by atoms with van der Waals surface area (Å²) in [4.78, 5) is 12.0. The topological polar surface area (TPSA) is 76.7 Å². The molecule has 0 saturated heterocycles. The number of amides is 1. The molecule has 0 aliphatic carbocycles. The second-order valence-electron chi connectivity index (χ2n) is 4.82. The van der Waals surface area contributed by atoms with Gasteiger partial charge in [0.05, 0.1) is 22.9 Å². The maximum Gasteiger partial charge on any atom is 0.273 e. The van der Waals surface area contributed by atoms with Crippen LogP contribution in [0.15, 0.2) is 52.0 Å². The Kier molecular flexibility index (Phi) is 6.17. The molecular formula is C17H18BrN3O2. The van der Waals surface area contributed by atoms with Crippen LogP contribution < -0.4 is 15.9 Å². The average Bonchev–Trinajstić information content (AvgIpc) is 2.54. The van der Waals surface area contributed by atoms with E-state index in [9.17, 15) is 4.79 Å². The van der Waals surface area contributed by atoms with Crippen LogP contribution in [0.25, 0.3) is 0 Å². The van der Waals surface area contributed by atoms with Gasteiger partial charge in [-0.05, 0) is 58.2 Å². The first-order valence-electron chi connectivity index (χ1n) is 7.22. The number of hydrogen-bond donors (Lipinski definition) is 2. The maximum absolute atomic E-state index is 12.0. The molecule has 2 rings (SSSR count). The Morgan fingerprint density at radius 2 is 2.13 bits per heavy atom. The molecule has 0 radical (unpaired) electrons. The lowest BCUT2D eigenvalue weighted by Crippen LogP contribution is -2.18. The first-order chi connectivity index (χ1) is 11.1. The molecule has 0 bridgehead atoms. The molecule has 0 aromatic heterocycles. The molecule has 5 nitrogen and oxygen atoms in total. The van der Waals surface area contributed by atoms with Crippen LogP contribution >= 0.6 is 15.9 Å². The van der Waals surface area contributed by atoms with Gasteiger partial charge in [0.1, 0.15) is 5.75 Å². The predicted molar refractivity (Wildman–Crippen MR) is 95.8 cm³/mol. The summed E-state index contributed by atoms with van der Waals surface area (Å²) in [7, 11) is 0. The monoisotopic (exact) mass is 375 g/mol. The van der Waals surface area contributed by atoms with Gasteiger partial charge in [-0.3, -0.25) is 4.79 Å². The molecule has 6 heteroatoms. The van der Waals surface area contributed by atoms with Gasteiger partial charge in [-0.25, -0.2) is 5.43 Å². The highest BCUT2D eigenvalue weighted by Crippen LogP contribution is 2.25. The number of rotatable bonds is 6. The van der Waals surface area contributed by atoms with Crippen LogP contribution in [-0.4, -0.2) is 18.7 Å². The minimum Gasteiger partial charge on any atom is -0.492 e. The normalized spacial score (nSPS) is 10.7. The number of nitrogen functional groups attached to an aromatic ring is 1. The van der Waals surface area contributed by atoms with Gasteiger partial charge in [0.25, 0.3) is 5.91 Å². The van der Waals surface area contributed by atoms with Crippen molar-refractivity contribution < 1.29 is 9.53 Å². The standard InChI is InChI=1S/C17H18BrN3O2/c1-2-9-23-16-8-7-12(10-14(16)18)11-20-21-17(22)13-5-3-4-6-15(13)19/h3-8,10-11H,2,9,19H2,1H3,(H,21,22)/b20-11-. The third kappa shape index (κ3) is 4.82. The fraction of sp³-hybridized carbons (Fsp3) is 0.176. The van der Waals surface area contributed by atoms with Crippen molar-refractivity contribution in [3.63, 3.8) is 0 Å². The fourth-order valence-electron chi connectivity index (χ4n) is 1.86. The number of nitrogens with zero attached hydrogens (tertiary/aromatic N) is 1. The largest absolute Gasteiger partial charge is 0.492 e. The zero-order valence-electron chi connectivity index (χ0n) is 12.8. The molecule has 0 heterocycles. The van der Waals surface area contributed by atoms with Crippen molar-refractivity contribution in [1.29, 1.82) is 0 Å². The Labute approximate surface area is 143 Å². The summed E-state index contributed by atoms with van der Waals surface area (Å²) in [6.45, 7) is 2.72. The summed E-state index contributed by atoms with van der Waals surface area (Å²) < 4.78 is 6.42. The lowest BCUT2D eigenvalue weighted by Gasteiger charge is -2.07. The number of nitrogens with one attached hydrogen (secondary N) is 1. The lowest BCUT2D eigenvalue weighted by molar-refractivity contribution is 0.0956. The SMILES string of the molecule is CCCOc1ccc(/C=N\NC(=O)c2ccccc2N)cc1Br. The molecule has 2 aromatic rings. The Morgan fingerprint density at radius 1 is 1.35 bits per heavy atom. The quantitative estimate of drug-likeness (QED) is 0.460. The highest BCUT2D eigenvalue weighted by molar-refractivity contribution is 9.10. The minimum absolute atomic E-state index is 0.346. The molecule has 0 aliphatic rings. The molecule has 0 unspecified atom stereocenters. The van der Waals surface area contributed by atoms with Crippen molar-refractivity contribution in [2.45, 2.75) is 13.3 Å². The molecule has 0 aliphatic heterocycles. The number of hydrogen-bond acceptors (Lipinski definition) is 4. The molecular weight excluding hydrogens is 358 g/mol. The van der Waals surface area contributed by atoms with E-state index in [4.69, 9.17) is 10.5 Å². The van der Waals surface area contributed by atoms with Gasteiger partial charge < -0.3 is 10.5 Å². The van der Waals surface area contributed by atoms with E-state index in [1.165, 1.54) is 0 Å². The highest BCUT2D eigenvalue weighted by Gasteiger charge is 2.07. The number of ether oxygens (including phenoxy) is 1. The van der Waals surface area contributed by atoms with Gasteiger partial charge in [-0.2, -0.15) is 5.10 Å². The number of para-hydroxylation sites is 1. The lowest BCUT2D eigenvalue weighted by atomic mass is 10.2. The van der Waals surface area contributed by atoms with E-state index in [1.807, 2.05) is 18.2 Å². The Morgan fingerprint density at radius 3 is 2.83 bits per heavy atom. The Hall–Kier alpha value is -2.34. The van der Waals surface area contributed by atoms with Crippen LogP contribution in [0.2, 0.25) is 0 Å². The Bertz CT molecular complexity index is 717. The van der Waals surface area contributed by atoms with Gasteiger partial charge in [0, 0.05) is 5.69 Å². The second-order valence-corrected chi connectivity index (χ2v) is 5.68. The number of carbonyl (C=O) groups is 1. The van der Waals surface area contributed by atoms with Gasteiger partial charge in [-0.1, -0.05) is 19.1 Å². The predicted octanol–water partition coefficient (Wildman–Crippen LogP) is 3.58. The Balaban J connectivity index is 1.99. The molecule has 0 spiro atoms. The first-order valence-corrected chi connectivity index (χ1v) is 8.01. The zero-order chi connectivity index (χ0) is 16.7. The summed E-state index contributed by atoms with van der Waals surface area (Å²) in [5.41, 5.74) is 9.86. The molecule has 0 fully saturated rings. The van der Waals surface area contributed by atoms with Crippen LogP contribution in [0.3, 0.4) is 0 Å². The third-order valence-electron chi connectivity index (χ3n) is 3.00. The van der Waals surface area contributed by atoms with E-state index in [0.717, 1.165) is 22.2 Å². The van der Waals surface area contributed by atoms with Crippen molar-refractivity contribution in [2.75, 3.05) is 12.3 Å². The zero-order valence-corrected chi connectivity index (χ0v) is 14.3. The van der Waals surface area contributed by atoms with E-state index in [-0.39, 0.29) is 5.91 Å². The van der Waals surface area contributed by atoms with Crippen molar-refractivity contribution >= 4 is 33.7 Å². The van der Waals surface area contributed by atoms with Crippen molar-refractivity contribution in [3.05, 3.63) is 58.1 Å². The summed E-state index contributed by atoms with van der Waals surface area (Å²) in [5, 5.41) is 3.95. The van der Waals surface area contributed by atoms with Crippen molar-refractivity contribution in [3.8, 4) is 5.75 Å². The van der Waals surface area contributed by atoms with E-state index in [0.29, 0.717) is 17.9 Å². The summed E-state index contributed by atoms with van der Waals surface area (Å²) in [6.07, 6.45) is 2.51. The molecule has 0 atom stereocenters. The summed E-state index contributed by atoms with van der Waals surface area (Å²) >= 11 is 3.45. The second kappa shape index (κ2) is 8.33. The van der Waals surface area contributed by atoms with E-state index in [1.54, 1.807) is 30.5 Å². The highest BCUT2D eigenvalue weighted by atomic mass is 79.9. The van der Waals surface area contributed by atoms with Gasteiger partial charge >= 0.3 is 0 Å². The number of benzene rings is 2. The third-order valence-corrected chi connectivity index (χ3v) is 3.62. The smallest absolute Gasteiger partial charge is 0.273 e. The summed E-state index contributed by atoms with van der Waals surface area (Å²) in [5.74, 6) is 0.436. The van der Waals surface area contributed by atoms with Gasteiger partial charge in [-0.15, -0.1) is 0 Å². The number of anilines is 1. The number of nitrogens with two attached hydrogens (primary N) is 1. The van der Waals surface area contributed by atoms with Crippen LogP contribution in [0, 0.1) is 0 Å². The van der Waals surface area contributed by atoms with Crippen LogP contribution in [-0.2, 0) is 0 Å². The van der Waals surface area contributed by atoms with Crippen molar-refractivity contribution in [1.82, 2.24) is 5.43 Å². The number of carbonyl (C=O) groups excluding carboxylic acids is 1. The van der Waals surface area contributed by atoms with Crippen LogP contribution in [0.5, 0.6) is 5.75 Å². The van der Waals surface area contributed by atoms with Gasteiger partial charge in [0.15, 0.2) is 0 Å². The number of halogens is 1. The molecule has 120 valence electrons. The van der Waals surface area contributed by atoms with Crippen molar-refractivity contribution in [2.24, 2.45) is 5.10 Å². The van der Waals surface area contributed by atoms with E-state index < -0.39 is 0 Å². The van der Waals surface area contributed by atoms with Crippen LogP contribution in [0.1, 0.15) is 29.3 Å². The maximum atomic E-state index is 12.0. The fourth-order valence-corrected chi connectivity index (χ4v) is 2.37. The first kappa shape index (κ1) is 17.0. The number of hydrazone groups is 1. The average molecular weight is 376 g/mol. The summed E-state index contributed by atoms with van der Waals surface area (Å²) in [6, 6.07) is 12.4. The molecule has 1 amide bonds. The molecule has 0 saturated carbocycles. The molecule has 2 aromatic carbocycles. The van der Waals surface area contributed by atoms with Gasteiger partial charge in [0.2, 0.25) is 0 Å². The molecule has 23 heavy (non-hydrogen) atoms. The van der Waals surface area contributed by atoms with Crippen LogP contribution in [0.4, 0.5) is 5.69 Å². The molecule has 3 N–H and O–H groups in total. The van der Waals surface area contributed by atoms with E-state index in [2.05, 4.69) is 33.4 Å². The van der Waals surface area contributed by atoms with E-state index >= 15 is 0 Å². The minimum atomic E-state index is -0.346.